The largest absolute Gasteiger partial charge is 0.369 e. The lowest BCUT2D eigenvalue weighted by Gasteiger charge is -2.14. The Balaban J connectivity index is 1.86. The van der Waals surface area contributed by atoms with Crippen molar-refractivity contribution in [3.8, 4) is 0 Å². The zero-order valence-corrected chi connectivity index (χ0v) is 11.1. The number of nitrogens with zero attached hydrogens (tertiary/aromatic N) is 3. The van der Waals surface area contributed by atoms with Crippen molar-refractivity contribution in [1.29, 1.82) is 0 Å². The normalized spacial score (nSPS) is 20.0. The van der Waals surface area contributed by atoms with Crippen molar-refractivity contribution in [2.75, 3.05) is 50.9 Å². The summed E-state index contributed by atoms with van der Waals surface area (Å²) in [6.07, 6.45) is 2.77. The molecule has 2 heterocycles. The number of anilines is 2. The number of hydrogen-bond donors (Lipinski definition) is 3. The van der Waals surface area contributed by atoms with Crippen molar-refractivity contribution in [2.24, 2.45) is 0 Å². The van der Waals surface area contributed by atoms with E-state index in [1.54, 1.807) is 6.33 Å². The fourth-order valence-electron chi connectivity index (χ4n) is 2.11. The van der Waals surface area contributed by atoms with Crippen LogP contribution in [0.1, 0.15) is 6.42 Å². The standard InChI is InChI=1S/C12H22N6/c1-13-4-5-14-11-7-12(16-9-15-11)17-10-3-6-18(2)8-10/h7,9-10,13H,3-6,8H2,1-2H3,(H2,14,15,16,17). The average Bonchev–Trinajstić information content (AvgIpc) is 2.76. The molecule has 1 atom stereocenters. The maximum Gasteiger partial charge on any atom is 0.131 e. The van der Waals surface area contributed by atoms with Crippen molar-refractivity contribution in [3.63, 3.8) is 0 Å². The molecule has 3 N–H and O–H groups in total. The predicted molar refractivity (Wildman–Crippen MR) is 74.0 cm³/mol. The first kappa shape index (κ1) is 13.0. The molecule has 0 amide bonds. The Bertz CT molecular complexity index is 369. The summed E-state index contributed by atoms with van der Waals surface area (Å²) in [6.45, 7) is 4.00. The highest BCUT2D eigenvalue weighted by Crippen LogP contribution is 2.14. The van der Waals surface area contributed by atoms with Crippen molar-refractivity contribution in [2.45, 2.75) is 12.5 Å². The van der Waals surface area contributed by atoms with E-state index in [-0.39, 0.29) is 0 Å². The Morgan fingerprint density at radius 3 is 2.89 bits per heavy atom. The molecule has 6 heteroatoms. The van der Waals surface area contributed by atoms with E-state index < -0.39 is 0 Å². The molecule has 0 aliphatic carbocycles. The topological polar surface area (TPSA) is 65.1 Å². The van der Waals surface area contributed by atoms with Crippen LogP contribution in [0, 0.1) is 0 Å². The molecule has 1 aliphatic rings. The molecule has 1 saturated heterocycles. The molecule has 0 aromatic carbocycles. The molecule has 0 saturated carbocycles. The van der Waals surface area contributed by atoms with Gasteiger partial charge in [-0.25, -0.2) is 9.97 Å². The third-order valence-electron chi connectivity index (χ3n) is 3.09. The third-order valence-corrected chi connectivity index (χ3v) is 3.09. The Kier molecular flexibility index (Phi) is 4.72. The summed E-state index contributed by atoms with van der Waals surface area (Å²) >= 11 is 0. The van der Waals surface area contributed by atoms with E-state index in [0.29, 0.717) is 6.04 Å². The number of rotatable bonds is 6. The summed E-state index contributed by atoms with van der Waals surface area (Å²) in [5.74, 6) is 1.77. The van der Waals surface area contributed by atoms with Crippen molar-refractivity contribution in [1.82, 2.24) is 20.2 Å². The van der Waals surface area contributed by atoms with Crippen LogP contribution in [-0.4, -0.2) is 61.2 Å². The van der Waals surface area contributed by atoms with Gasteiger partial charge in [-0.15, -0.1) is 0 Å². The summed E-state index contributed by atoms with van der Waals surface area (Å²) in [5.41, 5.74) is 0. The summed E-state index contributed by atoms with van der Waals surface area (Å²) in [4.78, 5) is 10.8. The van der Waals surface area contributed by atoms with Gasteiger partial charge >= 0.3 is 0 Å². The van der Waals surface area contributed by atoms with Gasteiger partial charge in [0.15, 0.2) is 0 Å². The highest BCUT2D eigenvalue weighted by molar-refractivity contribution is 5.47. The van der Waals surface area contributed by atoms with Gasteiger partial charge in [-0.3, -0.25) is 0 Å². The highest BCUT2D eigenvalue weighted by atomic mass is 15.2. The minimum atomic E-state index is 0.495. The summed E-state index contributed by atoms with van der Waals surface area (Å²) < 4.78 is 0. The van der Waals surface area contributed by atoms with Gasteiger partial charge in [0.2, 0.25) is 0 Å². The first-order valence-corrected chi connectivity index (χ1v) is 6.43. The zero-order chi connectivity index (χ0) is 12.8. The lowest BCUT2D eigenvalue weighted by molar-refractivity contribution is 0.414. The van der Waals surface area contributed by atoms with Crippen molar-refractivity contribution >= 4 is 11.6 Å². The maximum absolute atomic E-state index is 4.26. The number of aromatic nitrogens is 2. The van der Waals surface area contributed by atoms with Crippen LogP contribution in [-0.2, 0) is 0 Å². The van der Waals surface area contributed by atoms with E-state index >= 15 is 0 Å². The van der Waals surface area contributed by atoms with E-state index in [1.807, 2.05) is 13.1 Å². The molecule has 1 aliphatic heterocycles. The molecular formula is C12H22N6. The Labute approximate surface area is 108 Å². The SMILES string of the molecule is CNCCNc1cc(NC2CCN(C)C2)ncn1. The summed E-state index contributed by atoms with van der Waals surface area (Å²) in [6, 6.07) is 2.46. The predicted octanol–water partition coefficient (Wildman–Crippen LogP) is 0.224. The van der Waals surface area contributed by atoms with E-state index in [0.717, 1.165) is 37.8 Å². The van der Waals surface area contributed by atoms with Gasteiger partial charge in [0.25, 0.3) is 0 Å². The Morgan fingerprint density at radius 2 is 2.17 bits per heavy atom. The molecule has 18 heavy (non-hydrogen) atoms. The Hall–Kier alpha value is -1.40. The van der Waals surface area contributed by atoms with Crippen LogP contribution in [0.5, 0.6) is 0 Å². The molecule has 1 fully saturated rings. The summed E-state index contributed by atoms with van der Waals surface area (Å²) in [7, 11) is 4.08. The molecule has 6 nitrogen and oxygen atoms in total. The Morgan fingerprint density at radius 1 is 1.33 bits per heavy atom. The van der Waals surface area contributed by atoms with Crippen LogP contribution in [0.2, 0.25) is 0 Å². The van der Waals surface area contributed by atoms with Gasteiger partial charge in [-0.05, 0) is 27.1 Å². The first-order chi connectivity index (χ1) is 8.78. The minimum Gasteiger partial charge on any atom is -0.369 e. The molecule has 100 valence electrons. The van der Waals surface area contributed by atoms with Crippen LogP contribution >= 0.6 is 0 Å². The second-order valence-electron chi connectivity index (χ2n) is 4.71. The second kappa shape index (κ2) is 6.51. The molecular weight excluding hydrogens is 228 g/mol. The molecule has 0 bridgehead atoms. The summed E-state index contributed by atoms with van der Waals surface area (Å²) in [5, 5.41) is 9.80. The van der Waals surface area contributed by atoms with Crippen LogP contribution in [0.15, 0.2) is 12.4 Å². The fraction of sp³-hybridized carbons (Fsp3) is 0.667. The van der Waals surface area contributed by atoms with Crippen LogP contribution < -0.4 is 16.0 Å². The van der Waals surface area contributed by atoms with Gasteiger partial charge in [-0.2, -0.15) is 0 Å². The lowest BCUT2D eigenvalue weighted by Crippen LogP contribution is -2.24. The molecule has 0 radical (unpaired) electrons. The van der Waals surface area contributed by atoms with Gasteiger partial charge in [0, 0.05) is 31.7 Å². The lowest BCUT2D eigenvalue weighted by atomic mass is 10.2. The van der Waals surface area contributed by atoms with E-state index in [9.17, 15) is 0 Å². The monoisotopic (exact) mass is 250 g/mol. The molecule has 2 rings (SSSR count). The number of hydrogen-bond acceptors (Lipinski definition) is 6. The molecule has 0 spiro atoms. The van der Waals surface area contributed by atoms with Gasteiger partial charge in [-0.1, -0.05) is 0 Å². The van der Waals surface area contributed by atoms with Gasteiger partial charge < -0.3 is 20.9 Å². The van der Waals surface area contributed by atoms with Crippen LogP contribution in [0.3, 0.4) is 0 Å². The van der Waals surface area contributed by atoms with E-state index in [1.165, 1.54) is 6.42 Å². The minimum absolute atomic E-state index is 0.495. The maximum atomic E-state index is 4.26. The smallest absolute Gasteiger partial charge is 0.131 e. The fourth-order valence-corrected chi connectivity index (χ4v) is 2.11. The number of likely N-dealkylation sites (N-methyl/N-ethyl adjacent to an activating group) is 2. The molecule has 1 aromatic rings. The zero-order valence-electron chi connectivity index (χ0n) is 11.1. The average molecular weight is 250 g/mol. The molecule has 1 aromatic heterocycles. The van der Waals surface area contributed by atoms with Crippen LogP contribution in [0.4, 0.5) is 11.6 Å². The number of likely N-dealkylation sites (tertiary alicyclic amines) is 1. The van der Waals surface area contributed by atoms with E-state index in [2.05, 4.69) is 37.9 Å². The van der Waals surface area contributed by atoms with Gasteiger partial charge in [0.1, 0.15) is 18.0 Å². The van der Waals surface area contributed by atoms with E-state index in [4.69, 9.17) is 0 Å². The quantitative estimate of drug-likeness (QED) is 0.628. The van der Waals surface area contributed by atoms with Crippen molar-refractivity contribution in [3.05, 3.63) is 12.4 Å². The van der Waals surface area contributed by atoms with Crippen LogP contribution in [0.25, 0.3) is 0 Å². The van der Waals surface area contributed by atoms with Gasteiger partial charge in [0.05, 0.1) is 0 Å². The second-order valence-corrected chi connectivity index (χ2v) is 4.71. The highest BCUT2D eigenvalue weighted by Gasteiger charge is 2.19. The molecule has 1 unspecified atom stereocenters. The van der Waals surface area contributed by atoms with Crippen molar-refractivity contribution < 1.29 is 0 Å². The first-order valence-electron chi connectivity index (χ1n) is 6.43. The third kappa shape index (κ3) is 3.82. The number of nitrogens with one attached hydrogen (secondary N) is 3.